The Morgan fingerprint density at radius 3 is 2.54 bits per heavy atom. The fraction of sp³-hybridized carbons (Fsp3) is 0.294. The van der Waals surface area contributed by atoms with E-state index < -0.39 is 14.0 Å². The summed E-state index contributed by atoms with van der Waals surface area (Å²) in [5.74, 6) is -0.735. The van der Waals surface area contributed by atoms with Crippen molar-refractivity contribution in [1.82, 2.24) is 4.98 Å². The lowest BCUT2D eigenvalue weighted by molar-refractivity contribution is 0.0601. The molecule has 4 nitrogen and oxygen atoms in total. The third-order valence-electron chi connectivity index (χ3n) is 3.61. The van der Waals surface area contributed by atoms with Crippen LogP contribution in [0.3, 0.4) is 0 Å². The Morgan fingerprint density at radius 1 is 1.29 bits per heavy atom. The average molecular weight is 367 g/mol. The minimum absolute atomic E-state index is 0.170. The van der Waals surface area contributed by atoms with Gasteiger partial charge in [-0.2, -0.15) is 0 Å². The number of carbonyl (C=O) groups is 1. The zero-order chi connectivity index (χ0) is 17.9. The van der Waals surface area contributed by atoms with Gasteiger partial charge in [0.05, 0.1) is 49.9 Å². The highest BCUT2D eigenvalue weighted by molar-refractivity contribution is 6.88. The van der Waals surface area contributed by atoms with Crippen LogP contribution in [-0.4, -0.2) is 26.1 Å². The van der Waals surface area contributed by atoms with Crippen LogP contribution in [0.4, 0.5) is 15.8 Å². The predicted octanol–water partition coefficient (Wildman–Crippen LogP) is 4.03. The maximum Gasteiger partial charge on any atom is 0.340 e. The van der Waals surface area contributed by atoms with Crippen molar-refractivity contribution >= 4 is 42.2 Å². The molecule has 1 heterocycles. The van der Waals surface area contributed by atoms with Crippen molar-refractivity contribution < 1.29 is 13.9 Å². The number of aromatic nitrogens is 1. The van der Waals surface area contributed by atoms with Gasteiger partial charge in [0.1, 0.15) is 5.82 Å². The van der Waals surface area contributed by atoms with E-state index in [1.54, 1.807) is 12.1 Å². The Bertz CT molecular complexity index is 763. The van der Waals surface area contributed by atoms with Crippen LogP contribution in [0.1, 0.15) is 16.1 Å². The number of nitrogens with zero attached hydrogens (tertiary/aromatic N) is 1. The summed E-state index contributed by atoms with van der Waals surface area (Å²) in [4.78, 5) is 16.1. The molecule has 7 heteroatoms. The highest BCUT2D eigenvalue weighted by Gasteiger charge is 2.19. The summed E-state index contributed by atoms with van der Waals surface area (Å²) in [6.07, 6.45) is 1.45. The lowest BCUT2D eigenvalue weighted by Crippen LogP contribution is -2.37. The number of benzene rings is 1. The number of anilines is 2. The van der Waals surface area contributed by atoms with Crippen molar-refractivity contribution in [1.29, 1.82) is 0 Å². The Kier molecular flexibility index (Phi) is 5.61. The second-order valence-corrected chi connectivity index (χ2v) is 11.8. The monoisotopic (exact) mass is 366 g/mol. The van der Waals surface area contributed by atoms with E-state index in [9.17, 15) is 9.18 Å². The number of alkyl halides is 1. The van der Waals surface area contributed by atoms with E-state index >= 15 is 0 Å². The number of halogens is 2. The van der Waals surface area contributed by atoms with Crippen LogP contribution < -0.4 is 10.5 Å². The molecule has 1 aromatic carbocycles. The Balaban J connectivity index is 2.39. The fourth-order valence-corrected chi connectivity index (χ4v) is 3.47. The first-order chi connectivity index (χ1) is 11.3. The molecule has 0 bridgehead atoms. The van der Waals surface area contributed by atoms with Crippen molar-refractivity contribution in [3.63, 3.8) is 0 Å². The zero-order valence-corrected chi connectivity index (χ0v) is 15.9. The second kappa shape index (κ2) is 7.32. The molecule has 0 fully saturated rings. The molecule has 1 aromatic heterocycles. The smallest absolute Gasteiger partial charge is 0.340 e. The normalized spacial score (nSPS) is 11.2. The first-order valence-corrected chi connectivity index (χ1v) is 11.5. The van der Waals surface area contributed by atoms with E-state index in [0.29, 0.717) is 11.4 Å². The molecule has 1 N–H and O–H groups in total. The third-order valence-corrected chi connectivity index (χ3v) is 5.92. The molecule has 0 aliphatic heterocycles. The van der Waals surface area contributed by atoms with Gasteiger partial charge in [0.2, 0.25) is 0 Å². The van der Waals surface area contributed by atoms with Crippen molar-refractivity contribution in [2.24, 2.45) is 0 Å². The van der Waals surface area contributed by atoms with E-state index in [4.69, 9.17) is 16.3 Å². The molecule has 2 rings (SSSR count). The largest absolute Gasteiger partial charge is 0.465 e. The summed E-state index contributed by atoms with van der Waals surface area (Å²) in [5.41, 5.74) is 1.45. The summed E-state index contributed by atoms with van der Waals surface area (Å²) >= 11 is 5.75. The van der Waals surface area contributed by atoms with Crippen LogP contribution in [0.5, 0.6) is 0 Å². The van der Waals surface area contributed by atoms with Gasteiger partial charge in [0.15, 0.2) is 0 Å². The lowest BCUT2D eigenvalue weighted by Gasteiger charge is -2.18. The van der Waals surface area contributed by atoms with Gasteiger partial charge in [-0.05, 0) is 18.2 Å². The molecule has 0 radical (unpaired) electrons. The molecule has 0 aliphatic carbocycles. The molecule has 0 unspecified atom stereocenters. The topological polar surface area (TPSA) is 51.2 Å². The number of carbonyl (C=O) groups excluding carboxylic acids is 1. The van der Waals surface area contributed by atoms with Crippen LogP contribution >= 0.6 is 11.6 Å². The average Bonchev–Trinajstić information content (AvgIpc) is 2.55. The molecule has 0 saturated carbocycles. The molecular weight excluding hydrogens is 347 g/mol. The molecule has 128 valence electrons. The molecule has 0 spiro atoms. The van der Waals surface area contributed by atoms with Gasteiger partial charge in [0.25, 0.3) is 0 Å². The number of esters is 1. The summed E-state index contributed by atoms with van der Waals surface area (Å²) in [5, 5.41) is 3.94. The van der Waals surface area contributed by atoms with Crippen molar-refractivity contribution in [2.75, 3.05) is 12.4 Å². The maximum absolute atomic E-state index is 14.4. The van der Waals surface area contributed by atoms with Crippen molar-refractivity contribution in [3.05, 3.63) is 47.5 Å². The Labute approximate surface area is 147 Å². The molecule has 0 saturated heterocycles. The van der Waals surface area contributed by atoms with E-state index in [1.165, 1.54) is 19.4 Å². The highest BCUT2D eigenvalue weighted by Crippen LogP contribution is 2.24. The van der Waals surface area contributed by atoms with Gasteiger partial charge < -0.3 is 10.1 Å². The zero-order valence-electron chi connectivity index (χ0n) is 14.1. The molecule has 0 aliphatic rings. The molecule has 2 aromatic rings. The van der Waals surface area contributed by atoms with E-state index in [1.807, 2.05) is 6.07 Å². The van der Waals surface area contributed by atoms with Gasteiger partial charge in [-0.15, -0.1) is 11.6 Å². The minimum atomic E-state index is -1.60. The molecule has 24 heavy (non-hydrogen) atoms. The van der Waals surface area contributed by atoms with Crippen LogP contribution in [0.2, 0.25) is 19.6 Å². The quantitative estimate of drug-likeness (QED) is 0.493. The number of nitrogens with one attached hydrogen (secondary N) is 1. The summed E-state index contributed by atoms with van der Waals surface area (Å²) in [6.45, 7) is 6.46. The first-order valence-electron chi connectivity index (χ1n) is 7.46. The fourth-order valence-electron chi connectivity index (χ4n) is 2.18. The van der Waals surface area contributed by atoms with Gasteiger partial charge >= 0.3 is 5.97 Å². The summed E-state index contributed by atoms with van der Waals surface area (Å²) in [6, 6.07) is 6.68. The third kappa shape index (κ3) is 4.13. The van der Waals surface area contributed by atoms with E-state index in [-0.39, 0.29) is 22.9 Å². The van der Waals surface area contributed by atoms with Gasteiger partial charge in [-0.1, -0.05) is 30.9 Å². The number of rotatable bonds is 5. The van der Waals surface area contributed by atoms with Gasteiger partial charge in [0, 0.05) is 0 Å². The van der Waals surface area contributed by atoms with Crippen molar-refractivity contribution in [2.45, 2.75) is 25.5 Å². The maximum atomic E-state index is 14.4. The summed E-state index contributed by atoms with van der Waals surface area (Å²) in [7, 11) is -0.308. The highest BCUT2D eigenvalue weighted by atomic mass is 35.5. The molecule has 0 atom stereocenters. The Hall–Kier alpha value is -1.92. The SMILES string of the molecule is COC(=O)c1cc(CCl)ncc1Nc1ccc([Si](C)(C)C)cc1F. The summed E-state index contributed by atoms with van der Waals surface area (Å²) < 4.78 is 19.2. The number of hydrogen-bond acceptors (Lipinski definition) is 4. The minimum Gasteiger partial charge on any atom is -0.465 e. The predicted molar refractivity (Wildman–Crippen MR) is 97.8 cm³/mol. The van der Waals surface area contributed by atoms with Crippen molar-refractivity contribution in [3.8, 4) is 0 Å². The van der Waals surface area contributed by atoms with Gasteiger partial charge in [-0.3, -0.25) is 4.98 Å². The van der Waals surface area contributed by atoms with E-state index in [2.05, 4.69) is 29.9 Å². The van der Waals surface area contributed by atoms with Crippen LogP contribution in [0.15, 0.2) is 30.5 Å². The first kappa shape index (κ1) is 18.4. The van der Waals surface area contributed by atoms with Crippen LogP contribution in [-0.2, 0) is 10.6 Å². The second-order valence-electron chi connectivity index (χ2n) is 6.42. The lowest BCUT2D eigenvalue weighted by atomic mass is 10.2. The van der Waals surface area contributed by atoms with Crippen LogP contribution in [0, 0.1) is 5.82 Å². The number of methoxy groups -OCH3 is 1. The molecule has 0 amide bonds. The van der Waals surface area contributed by atoms with E-state index in [0.717, 1.165) is 5.19 Å². The standard InChI is InChI=1S/C17H20ClFN2O2Si/c1-23-17(22)13-7-11(9-18)20-10-16(13)21-15-6-5-12(8-14(15)19)24(2,3)4/h5-8,10,21H,9H2,1-4H3. The number of ether oxygens (including phenoxy) is 1. The number of pyridine rings is 1. The Morgan fingerprint density at radius 2 is 2.00 bits per heavy atom. The molecular formula is C17H20ClFN2O2Si. The van der Waals surface area contributed by atoms with Crippen LogP contribution in [0.25, 0.3) is 0 Å². The number of hydrogen-bond donors (Lipinski definition) is 1. The van der Waals surface area contributed by atoms with Gasteiger partial charge in [-0.25, -0.2) is 9.18 Å².